The summed E-state index contributed by atoms with van der Waals surface area (Å²) in [5.74, 6) is 0.200. The highest BCUT2D eigenvalue weighted by Crippen LogP contribution is 2.26. The first-order valence-electron chi connectivity index (χ1n) is 9.54. The van der Waals surface area contributed by atoms with Crippen LogP contribution >= 0.6 is 0 Å². The third-order valence-corrected chi connectivity index (χ3v) is 6.80. The van der Waals surface area contributed by atoms with Gasteiger partial charge in [0.2, 0.25) is 10.0 Å². The molecule has 28 heavy (non-hydrogen) atoms. The van der Waals surface area contributed by atoms with Gasteiger partial charge in [0.15, 0.2) is 0 Å². The van der Waals surface area contributed by atoms with Crippen LogP contribution in [0.4, 0.5) is 4.39 Å². The maximum Gasteiger partial charge on any atom is 0.240 e. The minimum absolute atomic E-state index is 0.0142. The number of aryl methyl sites for hydroxylation is 1. The standard InChI is InChI=1S/C21H27FN2O3S/c1-16-6-9-18(22)14-21(16)28(25,26)23-15-20(24-12-4-3-5-13-24)17-7-10-19(27-2)11-8-17/h6-11,14,20,23H,3-5,12-13,15H2,1-2H3. The van der Waals surface area contributed by atoms with E-state index in [2.05, 4.69) is 9.62 Å². The van der Waals surface area contributed by atoms with Crippen LogP contribution in [-0.2, 0) is 10.0 Å². The van der Waals surface area contributed by atoms with E-state index in [4.69, 9.17) is 4.74 Å². The zero-order valence-corrected chi connectivity index (χ0v) is 17.1. The topological polar surface area (TPSA) is 58.6 Å². The van der Waals surface area contributed by atoms with Gasteiger partial charge in [0, 0.05) is 12.6 Å². The van der Waals surface area contributed by atoms with E-state index in [0.717, 1.165) is 43.3 Å². The number of rotatable bonds is 7. The number of methoxy groups -OCH3 is 1. The minimum Gasteiger partial charge on any atom is -0.497 e. The summed E-state index contributed by atoms with van der Waals surface area (Å²) in [4.78, 5) is 2.30. The van der Waals surface area contributed by atoms with Crippen LogP contribution in [-0.4, -0.2) is 40.1 Å². The molecule has 0 aliphatic carbocycles. The molecule has 0 spiro atoms. The quantitative estimate of drug-likeness (QED) is 0.763. The summed E-state index contributed by atoms with van der Waals surface area (Å²) < 4.78 is 47.1. The van der Waals surface area contributed by atoms with Crippen LogP contribution in [0.5, 0.6) is 5.75 Å². The van der Waals surface area contributed by atoms with Crippen molar-refractivity contribution >= 4 is 10.0 Å². The highest BCUT2D eigenvalue weighted by Gasteiger charge is 2.25. The number of sulfonamides is 1. The summed E-state index contributed by atoms with van der Waals surface area (Å²) in [6.45, 7) is 3.75. The number of hydrogen-bond donors (Lipinski definition) is 1. The van der Waals surface area contributed by atoms with Crippen LogP contribution in [0, 0.1) is 12.7 Å². The van der Waals surface area contributed by atoms with Gasteiger partial charge in [-0.25, -0.2) is 17.5 Å². The van der Waals surface area contributed by atoms with Crippen LogP contribution in [0.1, 0.15) is 36.4 Å². The first kappa shape index (κ1) is 20.8. The van der Waals surface area contributed by atoms with Crippen LogP contribution in [0.15, 0.2) is 47.4 Å². The van der Waals surface area contributed by atoms with E-state index >= 15 is 0 Å². The van der Waals surface area contributed by atoms with Gasteiger partial charge in [-0.3, -0.25) is 4.90 Å². The minimum atomic E-state index is -3.81. The van der Waals surface area contributed by atoms with Crippen molar-refractivity contribution in [1.82, 2.24) is 9.62 Å². The molecule has 5 nitrogen and oxygen atoms in total. The lowest BCUT2D eigenvalue weighted by molar-refractivity contribution is 0.164. The Morgan fingerprint density at radius 3 is 2.43 bits per heavy atom. The predicted octanol–water partition coefficient (Wildman–Crippen LogP) is 3.65. The molecule has 0 radical (unpaired) electrons. The fourth-order valence-electron chi connectivity index (χ4n) is 3.64. The first-order valence-corrected chi connectivity index (χ1v) is 11.0. The second-order valence-corrected chi connectivity index (χ2v) is 8.88. The molecule has 2 aromatic rings. The molecule has 1 N–H and O–H groups in total. The van der Waals surface area contributed by atoms with E-state index in [9.17, 15) is 12.8 Å². The number of nitrogens with one attached hydrogen (secondary N) is 1. The number of hydrogen-bond acceptors (Lipinski definition) is 4. The average molecular weight is 407 g/mol. The van der Waals surface area contributed by atoms with Crippen LogP contribution in [0.25, 0.3) is 0 Å². The number of ether oxygens (including phenoxy) is 1. The molecule has 0 amide bonds. The number of halogens is 1. The summed E-state index contributed by atoms with van der Waals surface area (Å²) in [7, 11) is -2.19. The second kappa shape index (κ2) is 9.03. The zero-order chi connectivity index (χ0) is 20.1. The zero-order valence-electron chi connectivity index (χ0n) is 16.3. The van der Waals surface area contributed by atoms with Gasteiger partial charge in [-0.15, -0.1) is 0 Å². The number of piperidine rings is 1. The SMILES string of the molecule is COc1ccc(C(CNS(=O)(=O)c2cc(F)ccc2C)N2CCCCC2)cc1. The van der Waals surface area contributed by atoms with Crippen molar-refractivity contribution in [2.24, 2.45) is 0 Å². The molecule has 1 unspecified atom stereocenters. The molecule has 152 valence electrons. The van der Waals surface area contributed by atoms with E-state index in [1.54, 1.807) is 14.0 Å². The van der Waals surface area contributed by atoms with E-state index in [0.29, 0.717) is 5.56 Å². The summed E-state index contributed by atoms with van der Waals surface area (Å²) in [6, 6.07) is 11.4. The van der Waals surface area contributed by atoms with Crippen molar-refractivity contribution in [2.45, 2.75) is 37.1 Å². The van der Waals surface area contributed by atoms with E-state index in [1.165, 1.54) is 18.6 Å². The van der Waals surface area contributed by atoms with Crippen molar-refractivity contribution in [3.8, 4) is 5.75 Å². The molecule has 0 saturated carbocycles. The van der Waals surface area contributed by atoms with Gasteiger partial charge in [-0.05, 0) is 68.2 Å². The van der Waals surface area contributed by atoms with Gasteiger partial charge in [0.1, 0.15) is 11.6 Å². The maximum absolute atomic E-state index is 13.6. The molecule has 1 atom stereocenters. The molecule has 2 aromatic carbocycles. The first-order chi connectivity index (χ1) is 13.4. The van der Waals surface area contributed by atoms with E-state index in [1.807, 2.05) is 24.3 Å². The third kappa shape index (κ3) is 4.90. The number of benzene rings is 2. The molecule has 1 saturated heterocycles. The van der Waals surface area contributed by atoms with E-state index in [-0.39, 0.29) is 17.5 Å². The van der Waals surface area contributed by atoms with Crippen molar-refractivity contribution in [3.05, 3.63) is 59.4 Å². The molecular weight excluding hydrogens is 379 g/mol. The van der Waals surface area contributed by atoms with Crippen LogP contribution in [0.3, 0.4) is 0 Å². The lowest BCUT2D eigenvalue weighted by atomic mass is 10.0. The Morgan fingerprint density at radius 2 is 1.79 bits per heavy atom. The summed E-state index contributed by atoms with van der Waals surface area (Å²) in [5.41, 5.74) is 1.55. The second-order valence-electron chi connectivity index (χ2n) is 7.15. The molecule has 1 heterocycles. The summed E-state index contributed by atoms with van der Waals surface area (Å²) in [6.07, 6.45) is 3.39. The molecular formula is C21H27FN2O3S. The van der Waals surface area contributed by atoms with Crippen molar-refractivity contribution in [3.63, 3.8) is 0 Å². The Bertz CT molecular complexity index is 894. The highest BCUT2D eigenvalue weighted by molar-refractivity contribution is 7.89. The van der Waals surface area contributed by atoms with Crippen molar-refractivity contribution < 1.29 is 17.5 Å². The summed E-state index contributed by atoms with van der Waals surface area (Å²) >= 11 is 0. The van der Waals surface area contributed by atoms with Crippen molar-refractivity contribution in [1.29, 1.82) is 0 Å². The van der Waals surface area contributed by atoms with Crippen LogP contribution in [0.2, 0.25) is 0 Å². The molecule has 7 heteroatoms. The molecule has 1 fully saturated rings. The van der Waals surface area contributed by atoms with Gasteiger partial charge in [0.25, 0.3) is 0 Å². The monoisotopic (exact) mass is 406 g/mol. The average Bonchev–Trinajstić information content (AvgIpc) is 2.71. The molecule has 1 aliphatic heterocycles. The summed E-state index contributed by atoms with van der Waals surface area (Å²) in [5, 5.41) is 0. The predicted molar refractivity (Wildman–Crippen MR) is 107 cm³/mol. The van der Waals surface area contributed by atoms with Gasteiger partial charge < -0.3 is 4.74 Å². The van der Waals surface area contributed by atoms with Gasteiger partial charge in [0.05, 0.1) is 12.0 Å². The Labute approximate surface area is 166 Å². The Kier molecular flexibility index (Phi) is 6.69. The Balaban J connectivity index is 1.83. The largest absolute Gasteiger partial charge is 0.497 e. The fraction of sp³-hybridized carbons (Fsp3) is 0.429. The van der Waals surface area contributed by atoms with Crippen LogP contribution < -0.4 is 9.46 Å². The molecule has 1 aliphatic rings. The Hall–Kier alpha value is -1.96. The van der Waals surface area contributed by atoms with Gasteiger partial charge in [-0.1, -0.05) is 24.6 Å². The highest BCUT2D eigenvalue weighted by atomic mass is 32.2. The molecule has 0 aromatic heterocycles. The smallest absolute Gasteiger partial charge is 0.240 e. The lowest BCUT2D eigenvalue weighted by Crippen LogP contribution is -2.40. The third-order valence-electron chi connectivity index (χ3n) is 5.24. The van der Waals surface area contributed by atoms with Gasteiger partial charge in [-0.2, -0.15) is 0 Å². The Morgan fingerprint density at radius 1 is 1.11 bits per heavy atom. The molecule has 3 rings (SSSR count). The normalized spacial score (nSPS) is 16.7. The number of likely N-dealkylation sites (tertiary alicyclic amines) is 1. The van der Waals surface area contributed by atoms with Gasteiger partial charge >= 0.3 is 0 Å². The lowest BCUT2D eigenvalue weighted by Gasteiger charge is -2.35. The molecule has 0 bridgehead atoms. The van der Waals surface area contributed by atoms with Crippen molar-refractivity contribution in [2.75, 3.05) is 26.7 Å². The maximum atomic E-state index is 13.6. The fourth-order valence-corrected chi connectivity index (χ4v) is 4.94. The van der Waals surface area contributed by atoms with E-state index < -0.39 is 15.8 Å². The number of nitrogens with zero attached hydrogens (tertiary/aromatic N) is 1.